The van der Waals surface area contributed by atoms with Gasteiger partial charge in [-0.15, -0.1) is 0 Å². The summed E-state index contributed by atoms with van der Waals surface area (Å²) in [6.45, 7) is 0.298. The van der Waals surface area contributed by atoms with Crippen LogP contribution in [-0.2, 0) is 12.3 Å². The normalized spacial score (nSPS) is 11.0. The van der Waals surface area contributed by atoms with E-state index in [0.29, 0.717) is 23.3 Å². The van der Waals surface area contributed by atoms with Crippen molar-refractivity contribution in [2.45, 2.75) is 17.5 Å². The summed E-state index contributed by atoms with van der Waals surface area (Å²) in [5.41, 5.74) is 2.35. The predicted molar refractivity (Wildman–Crippen MR) is 99.8 cm³/mol. The van der Waals surface area contributed by atoms with Gasteiger partial charge in [0.2, 0.25) is 0 Å². The number of hydrogen-bond donors (Lipinski definition) is 1. The third kappa shape index (κ3) is 4.20. The molecule has 0 radical (unpaired) electrons. The number of rotatable bonds is 6. The van der Waals surface area contributed by atoms with Crippen LogP contribution in [0.5, 0.6) is 0 Å². The van der Waals surface area contributed by atoms with E-state index >= 15 is 0 Å². The van der Waals surface area contributed by atoms with Crippen LogP contribution >= 0.6 is 11.8 Å². The van der Waals surface area contributed by atoms with Crippen molar-refractivity contribution < 1.29 is 18.0 Å². The number of halogens is 1. The summed E-state index contributed by atoms with van der Waals surface area (Å²) in [4.78, 5) is 16.6. The van der Waals surface area contributed by atoms with Gasteiger partial charge in [0.25, 0.3) is 11.1 Å². The average molecular weight is 382 g/mol. The fourth-order valence-electron chi connectivity index (χ4n) is 2.49. The van der Waals surface area contributed by atoms with Crippen LogP contribution in [0.25, 0.3) is 11.1 Å². The first-order valence-electron chi connectivity index (χ1n) is 8.27. The first-order valence-corrected chi connectivity index (χ1v) is 9.26. The van der Waals surface area contributed by atoms with Crippen LogP contribution in [0.4, 0.5) is 4.39 Å². The Morgan fingerprint density at radius 2 is 1.85 bits per heavy atom. The number of thioether (sulfide) groups is 1. The molecule has 0 bridgehead atoms. The van der Waals surface area contributed by atoms with Gasteiger partial charge in [-0.3, -0.25) is 4.79 Å². The van der Waals surface area contributed by atoms with Crippen molar-refractivity contribution in [1.82, 2.24) is 10.3 Å². The number of amides is 1. The maximum atomic E-state index is 12.9. The van der Waals surface area contributed by atoms with Crippen LogP contribution in [0.1, 0.15) is 21.9 Å². The molecule has 1 N–H and O–H groups in total. The van der Waals surface area contributed by atoms with Crippen molar-refractivity contribution in [2.24, 2.45) is 0 Å². The highest BCUT2D eigenvalue weighted by atomic mass is 32.2. The van der Waals surface area contributed by atoms with Crippen molar-refractivity contribution in [3.05, 3.63) is 83.6 Å². The topological polar surface area (TPSA) is 68.3 Å². The maximum Gasteiger partial charge on any atom is 0.287 e. The molecule has 0 saturated carbocycles. The van der Waals surface area contributed by atoms with Gasteiger partial charge in [-0.1, -0.05) is 36.0 Å². The smallest absolute Gasteiger partial charge is 0.287 e. The molecule has 5 nitrogen and oxygen atoms in total. The molecule has 0 aliphatic heterocycles. The summed E-state index contributed by atoms with van der Waals surface area (Å²) in [6.07, 6.45) is 0. The monoisotopic (exact) mass is 382 g/mol. The molecule has 136 valence electrons. The molecule has 7 heteroatoms. The Labute approximate surface area is 158 Å². The largest absolute Gasteiger partial charge is 0.455 e. The number of furan rings is 1. The van der Waals surface area contributed by atoms with Gasteiger partial charge in [0.1, 0.15) is 17.1 Å². The Balaban J connectivity index is 1.33. The van der Waals surface area contributed by atoms with Crippen LogP contribution in [0, 0.1) is 5.82 Å². The van der Waals surface area contributed by atoms with E-state index in [0.717, 1.165) is 16.7 Å². The Kier molecular flexibility index (Phi) is 4.93. The van der Waals surface area contributed by atoms with Gasteiger partial charge in [0.05, 0.1) is 5.75 Å². The molecule has 0 aliphatic carbocycles. The van der Waals surface area contributed by atoms with Gasteiger partial charge >= 0.3 is 0 Å². The molecule has 1 amide bonds. The predicted octanol–water partition coefficient (Wildman–Crippen LogP) is 4.78. The summed E-state index contributed by atoms with van der Waals surface area (Å²) < 4.78 is 24.1. The summed E-state index contributed by atoms with van der Waals surface area (Å²) in [7, 11) is 0. The number of carbonyl (C=O) groups excluding carboxylic acids is 1. The number of carbonyl (C=O) groups is 1. The molecule has 0 fully saturated rings. The van der Waals surface area contributed by atoms with Gasteiger partial charge in [0.15, 0.2) is 11.3 Å². The second-order valence-electron chi connectivity index (χ2n) is 5.81. The molecule has 4 aromatic rings. The average Bonchev–Trinajstić information content (AvgIpc) is 3.32. The van der Waals surface area contributed by atoms with Crippen LogP contribution < -0.4 is 5.32 Å². The van der Waals surface area contributed by atoms with E-state index in [2.05, 4.69) is 10.3 Å². The Morgan fingerprint density at radius 3 is 2.67 bits per heavy atom. The minimum atomic E-state index is -0.322. The van der Waals surface area contributed by atoms with Gasteiger partial charge in [-0.25, -0.2) is 9.37 Å². The second kappa shape index (κ2) is 7.67. The molecule has 2 heterocycles. The van der Waals surface area contributed by atoms with Crippen molar-refractivity contribution in [3.8, 4) is 0 Å². The van der Waals surface area contributed by atoms with Gasteiger partial charge in [-0.05, 0) is 42.0 Å². The van der Waals surface area contributed by atoms with Gasteiger partial charge in [-0.2, -0.15) is 0 Å². The number of aromatic nitrogens is 1. The minimum Gasteiger partial charge on any atom is -0.455 e. The molecular formula is C20H15FN2O3S. The van der Waals surface area contributed by atoms with Crippen molar-refractivity contribution in [3.63, 3.8) is 0 Å². The molecule has 27 heavy (non-hydrogen) atoms. The highest BCUT2D eigenvalue weighted by Crippen LogP contribution is 2.26. The quantitative estimate of drug-likeness (QED) is 0.486. The number of para-hydroxylation sites is 2. The van der Waals surface area contributed by atoms with E-state index in [1.165, 1.54) is 23.9 Å². The lowest BCUT2D eigenvalue weighted by Crippen LogP contribution is -2.22. The second-order valence-corrected chi connectivity index (χ2v) is 6.74. The fraction of sp³-hybridized carbons (Fsp3) is 0.100. The van der Waals surface area contributed by atoms with Crippen LogP contribution in [-0.4, -0.2) is 10.9 Å². The molecule has 4 rings (SSSR count). The maximum absolute atomic E-state index is 12.9. The van der Waals surface area contributed by atoms with Crippen molar-refractivity contribution in [1.29, 1.82) is 0 Å². The molecule has 0 atom stereocenters. The first kappa shape index (κ1) is 17.4. The molecule has 0 spiro atoms. The molecule has 0 unspecified atom stereocenters. The molecule has 2 aromatic heterocycles. The van der Waals surface area contributed by atoms with Crippen LogP contribution in [0.15, 0.2) is 74.7 Å². The van der Waals surface area contributed by atoms with E-state index in [1.54, 1.807) is 24.3 Å². The number of nitrogens with one attached hydrogen (secondary N) is 1. The zero-order chi connectivity index (χ0) is 18.6. The van der Waals surface area contributed by atoms with E-state index < -0.39 is 0 Å². The Bertz CT molecular complexity index is 1040. The van der Waals surface area contributed by atoms with Gasteiger partial charge in [0, 0.05) is 6.54 Å². The number of oxazole rings is 1. The summed E-state index contributed by atoms with van der Waals surface area (Å²) in [5, 5.41) is 3.30. The highest BCUT2D eigenvalue weighted by Gasteiger charge is 2.12. The number of hydrogen-bond acceptors (Lipinski definition) is 5. The zero-order valence-electron chi connectivity index (χ0n) is 14.1. The van der Waals surface area contributed by atoms with Crippen molar-refractivity contribution >= 4 is 28.8 Å². The standard InChI is InChI=1S/C20H15FN2O3S/c21-14-7-5-13(6-8-14)11-22-19(24)18-10-9-15(25-18)12-27-20-23-16-3-1-2-4-17(16)26-20/h1-10H,11-12H2,(H,22,24). The van der Waals surface area contributed by atoms with E-state index in [1.807, 2.05) is 24.3 Å². The third-order valence-electron chi connectivity index (χ3n) is 3.86. The van der Waals surface area contributed by atoms with Gasteiger partial charge < -0.3 is 14.2 Å². The van der Waals surface area contributed by atoms with Crippen LogP contribution in [0.3, 0.4) is 0 Å². The minimum absolute atomic E-state index is 0.227. The summed E-state index contributed by atoms with van der Waals surface area (Å²) in [5.74, 6) is 0.743. The lowest BCUT2D eigenvalue weighted by atomic mass is 10.2. The van der Waals surface area contributed by atoms with E-state index in [9.17, 15) is 9.18 Å². The Morgan fingerprint density at radius 1 is 1.04 bits per heavy atom. The Hall–Kier alpha value is -3.06. The number of benzene rings is 2. The first-order chi connectivity index (χ1) is 13.2. The van der Waals surface area contributed by atoms with Crippen LogP contribution in [0.2, 0.25) is 0 Å². The SMILES string of the molecule is O=C(NCc1ccc(F)cc1)c1ccc(CSc2nc3ccccc3o2)o1. The third-order valence-corrected chi connectivity index (χ3v) is 4.71. The summed E-state index contributed by atoms with van der Waals surface area (Å²) >= 11 is 1.40. The van der Waals surface area contributed by atoms with Crippen molar-refractivity contribution in [2.75, 3.05) is 0 Å². The molecule has 0 saturated heterocycles. The van der Waals surface area contributed by atoms with E-state index in [4.69, 9.17) is 8.83 Å². The number of fused-ring (bicyclic) bond motifs is 1. The fourth-order valence-corrected chi connectivity index (χ4v) is 3.23. The lowest BCUT2D eigenvalue weighted by Gasteiger charge is -2.03. The molecule has 2 aromatic carbocycles. The molecular weight excluding hydrogens is 367 g/mol. The van der Waals surface area contributed by atoms with E-state index in [-0.39, 0.29) is 17.5 Å². The molecule has 0 aliphatic rings. The number of nitrogens with zero attached hydrogens (tertiary/aromatic N) is 1. The summed E-state index contributed by atoms with van der Waals surface area (Å²) in [6, 6.07) is 16.9. The lowest BCUT2D eigenvalue weighted by molar-refractivity contribution is 0.0922. The highest BCUT2D eigenvalue weighted by molar-refractivity contribution is 7.98. The zero-order valence-corrected chi connectivity index (χ0v) is 15.0.